The second-order valence-corrected chi connectivity index (χ2v) is 11.5. The first-order valence-corrected chi connectivity index (χ1v) is 12.1. The highest BCUT2D eigenvalue weighted by molar-refractivity contribution is 5.69. The van der Waals surface area contributed by atoms with Crippen molar-refractivity contribution < 1.29 is 19.7 Å². The van der Waals surface area contributed by atoms with Gasteiger partial charge in [0.2, 0.25) is 0 Å². The lowest BCUT2D eigenvalue weighted by molar-refractivity contribution is -0.175. The summed E-state index contributed by atoms with van der Waals surface area (Å²) in [6.07, 6.45) is 9.86. The molecule has 0 unspecified atom stereocenters. The predicted molar refractivity (Wildman–Crippen MR) is 113 cm³/mol. The minimum Gasteiger partial charge on any atom is -0.469 e. The van der Waals surface area contributed by atoms with Crippen LogP contribution in [0.3, 0.4) is 0 Å². The van der Waals surface area contributed by atoms with Crippen LogP contribution in [0.2, 0.25) is 0 Å². The first-order valence-electron chi connectivity index (χ1n) is 12.1. The first-order chi connectivity index (χ1) is 13.7. The van der Waals surface area contributed by atoms with Crippen LogP contribution in [0.15, 0.2) is 0 Å². The molecule has 0 saturated heterocycles. The van der Waals surface area contributed by atoms with Gasteiger partial charge in [-0.1, -0.05) is 20.8 Å². The molecule has 2 N–H and O–H groups in total. The number of esters is 1. The molecule has 0 radical (unpaired) electrons. The third-order valence-corrected chi connectivity index (χ3v) is 10.5. The molecule has 4 aliphatic rings. The Kier molecular flexibility index (Phi) is 5.83. The highest BCUT2D eigenvalue weighted by atomic mass is 16.5. The van der Waals surface area contributed by atoms with E-state index in [1.54, 1.807) is 0 Å². The topological polar surface area (TPSA) is 66.8 Å². The van der Waals surface area contributed by atoms with E-state index in [0.717, 1.165) is 38.0 Å². The normalized spacial score (nSPS) is 50.2. The van der Waals surface area contributed by atoms with E-state index in [1.165, 1.54) is 32.8 Å². The molecule has 0 aromatic heterocycles. The quantitative estimate of drug-likeness (QED) is 0.671. The number of hydrogen-bond acceptors (Lipinski definition) is 4. The van der Waals surface area contributed by atoms with Crippen LogP contribution in [0, 0.1) is 46.3 Å². The van der Waals surface area contributed by atoms with Gasteiger partial charge in [-0.2, -0.15) is 0 Å². The summed E-state index contributed by atoms with van der Waals surface area (Å²) in [4.78, 5) is 11.6. The number of aliphatic hydroxyl groups is 2. The molecule has 4 saturated carbocycles. The smallest absolute Gasteiger partial charge is 0.305 e. The summed E-state index contributed by atoms with van der Waals surface area (Å²) in [5.74, 6) is 3.36. The Labute approximate surface area is 176 Å². The van der Waals surface area contributed by atoms with Gasteiger partial charge in [0.25, 0.3) is 0 Å². The van der Waals surface area contributed by atoms with Crippen molar-refractivity contribution in [2.75, 3.05) is 7.11 Å². The van der Waals surface area contributed by atoms with Crippen molar-refractivity contribution >= 4 is 5.97 Å². The number of ether oxygens (including phenoxy) is 1. The lowest BCUT2D eigenvalue weighted by Gasteiger charge is -2.62. The van der Waals surface area contributed by atoms with Crippen LogP contribution in [0.4, 0.5) is 0 Å². The summed E-state index contributed by atoms with van der Waals surface area (Å²) in [6.45, 7) is 7.12. The summed E-state index contributed by atoms with van der Waals surface area (Å²) in [6, 6.07) is 0. The van der Waals surface area contributed by atoms with Crippen LogP contribution < -0.4 is 0 Å². The van der Waals surface area contributed by atoms with Crippen molar-refractivity contribution in [3.05, 3.63) is 0 Å². The minimum absolute atomic E-state index is 0.0198. The number of carbonyl (C=O) groups is 1. The highest BCUT2D eigenvalue weighted by Crippen LogP contribution is 2.68. The molecule has 0 aliphatic heterocycles. The Morgan fingerprint density at radius 1 is 1.07 bits per heavy atom. The maximum Gasteiger partial charge on any atom is 0.305 e. The molecule has 29 heavy (non-hydrogen) atoms. The molecule has 4 heteroatoms. The summed E-state index contributed by atoms with van der Waals surface area (Å²) in [7, 11) is 1.46. The summed E-state index contributed by atoms with van der Waals surface area (Å²) in [5, 5.41) is 21.8. The Balaban J connectivity index is 1.53. The molecule has 0 aromatic rings. The molecule has 166 valence electrons. The van der Waals surface area contributed by atoms with E-state index in [1.807, 2.05) is 0 Å². The predicted octanol–water partition coefficient (Wildman–Crippen LogP) is 4.57. The second kappa shape index (κ2) is 7.82. The number of rotatable bonds is 4. The molecule has 0 heterocycles. The van der Waals surface area contributed by atoms with Gasteiger partial charge < -0.3 is 14.9 Å². The second-order valence-electron chi connectivity index (χ2n) is 11.5. The van der Waals surface area contributed by atoms with Crippen LogP contribution in [-0.2, 0) is 9.53 Å². The third kappa shape index (κ3) is 3.37. The number of carbonyl (C=O) groups excluding carboxylic acids is 1. The van der Waals surface area contributed by atoms with Crippen molar-refractivity contribution in [1.82, 2.24) is 0 Å². The third-order valence-electron chi connectivity index (χ3n) is 10.5. The number of fused-ring (bicyclic) bond motifs is 5. The molecular formula is C25H42O4. The van der Waals surface area contributed by atoms with Gasteiger partial charge >= 0.3 is 5.97 Å². The summed E-state index contributed by atoms with van der Waals surface area (Å²) in [5.41, 5.74) is 0.271. The zero-order chi connectivity index (χ0) is 21.0. The fourth-order valence-electron chi connectivity index (χ4n) is 8.81. The van der Waals surface area contributed by atoms with Crippen LogP contribution in [-0.4, -0.2) is 35.5 Å². The molecule has 4 nitrogen and oxygen atoms in total. The Morgan fingerprint density at radius 2 is 1.83 bits per heavy atom. The zero-order valence-electron chi connectivity index (χ0n) is 18.9. The largest absolute Gasteiger partial charge is 0.469 e. The van der Waals surface area contributed by atoms with E-state index < -0.39 is 0 Å². The number of hydrogen-bond donors (Lipinski definition) is 2. The standard InChI is InChI=1S/C25H42O4/c1-15(5-10-23(28)29-4)19-8-9-20-18-7-6-16-13-17(26)11-12-24(16,2)21(18)14-22(27)25(19,20)3/h15-22,26-27H,5-14H2,1-4H3/t15-,16+,17+,18-,19-,20+,21+,22-,24-,25-/m0/s1. The van der Waals surface area contributed by atoms with Crippen LogP contribution in [0.1, 0.15) is 85.0 Å². The number of aliphatic hydroxyl groups excluding tert-OH is 2. The zero-order valence-corrected chi connectivity index (χ0v) is 18.9. The van der Waals surface area contributed by atoms with Gasteiger partial charge in [0, 0.05) is 6.42 Å². The van der Waals surface area contributed by atoms with E-state index in [4.69, 9.17) is 4.74 Å². The highest BCUT2D eigenvalue weighted by Gasteiger charge is 2.63. The van der Waals surface area contributed by atoms with Crippen molar-refractivity contribution in [2.45, 2.75) is 97.2 Å². The van der Waals surface area contributed by atoms with Gasteiger partial charge in [0.05, 0.1) is 19.3 Å². The summed E-state index contributed by atoms with van der Waals surface area (Å²) >= 11 is 0. The fraction of sp³-hybridized carbons (Fsp3) is 0.960. The lowest BCUT2D eigenvalue weighted by atomic mass is 9.43. The SMILES string of the molecule is COC(=O)CC[C@H](C)[C@@H]1CC[C@@H]2[C@@H]3CC[C@@H]4C[C@H](O)CC[C@]4(C)[C@@H]3C[C@H](O)[C@]21C. The van der Waals surface area contributed by atoms with Gasteiger partial charge in [-0.3, -0.25) is 4.79 Å². The molecule has 0 amide bonds. The van der Waals surface area contributed by atoms with Crippen molar-refractivity contribution in [1.29, 1.82) is 0 Å². The van der Waals surface area contributed by atoms with Crippen molar-refractivity contribution in [2.24, 2.45) is 46.3 Å². The van der Waals surface area contributed by atoms with E-state index in [-0.39, 0.29) is 23.6 Å². The molecule has 10 atom stereocenters. The molecule has 4 fully saturated rings. The average Bonchev–Trinajstić information content (AvgIpc) is 3.06. The van der Waals surface area contributed by atoms with Gasteiger partial charge in [0.15, 0.2) is 0 Å². The molecule has 0 spiro atoms. The van der Waals surface area contributed by atoms with E-state index in [2.05, 4.69) is 20.8 Å². The minimum atomic E-state index is -0.246. The first kappa shape index (κ1) is 21.6. The Hall–Kier alpha value is -0.610. The Morgan fingerprint density at radius 3 is 2.55 bits per heavy atom. The van der Waals surface area contributed by atoms with Gasteiger partial charge in [-0.05, 0) is 104 Å². The van der Waals surface area contributed by atoms with Crippen LogP contribution in [0.25, 0.3) is 0 Å². The molecular weight excluding hydrogens is 364 g/mol. The van der Waals surface area contributed by atoms with E-state index in [0.29, 0.717) is 41.4 Å². The average molecular weight is 407 g/mol. The molecule has 4 rings (SSSR count). The molecule has 0 aromatic carbocycles. The molecule has 0 bridgehead atoms. The van der Waals surface area contributed by atoms with E-state index in [9.17, 15) is 15.0 Å². The fourth-order valence-corrected chi connectivity index (χ4v) is 8.81. The maximum atomic E-state index is 11.6. The maximum absolute atomic E-state index is 11.6. The van der Waals surface area contributed by atoms with Crippen LogP contribution in [0.5, 0.6) is 0 Å². The van der Waals surface area contributed by atoms with Crippen molar-refractivity contribution in [3.8, 4) is 0 Å². The summed E-state index contributed by atoms with van der Waals surface area (Å²) < 4.78 is 4.85. The van der Waals surface area contributed by atoms with Gasteiger partial charge in [-0.25, -0.2) is 0 Å². The lowest BCUT2D eigenvalue weighted by Crippen LogP contribution is -2.58. The Bertz CT molecular complexity index is 620. The van der Waals surface area contributed by atoms with Crippen molar-refractivity contribution in [3.63, 3.8) is 0 Å². The molecule has 4 aliphatic carbocycles. The van der Waals surface area contributed by atoms with Crippen LogP contribution >= 0.6 is 0 Å². The monoisotopic (exact) mass is 406 g/mol. The van der Waals surface area contributed by atoms with E-state index >= 15 is 0 Å². The van der Waals surface area contributed by atoms with Gasteiger partial charge in [-0.15, -0.1) is 0 Å². The van der Waals surface area contributed by atoms with Gasteiger partial charge in [0.1, 0.15) is 0 Å². The number of methoxy groups -OCH3 is 1.